The van der Waals surface area contributed by atoms with Gasteiger partial charge in [0, 0.05) is 29.9 Å². The van der Waals surface area contributed by atoms with Crippen molar-refractivity contribution >= 4 is 46.4 Å². The van der Waals surface area contributed by atoms with Gasteiger partial charge in [-0.05, 0) is 48.7 Å². The van der Waals surface area contributed by atoms with Crippen LogP contribution >= 0.6 is 23.2 Å². The van der Waals surface area contributed by atoms with E-state index >= 15 is 0 Å². The predicted molar refractivity (Wildman–Crippen MR) is 97.2 cm³/mol. The average Bonchev–Trinajstić information content (AvgIpc) is 2.56. The number of rotatable bonds is 2. The van der Waals surface area contributed by atoms with Crippen molar-refractivity contribution in [1.29, 1.82) is 0 Å². The number of halogens is 2. The van der Waals surface area contributed by atoms with E-state index in [0.29, 0.717) is 27.8 Å². The van der Waals surface area contributed by atoms with E-state index in [2.05, 4.69) is 5.32 Å². The van der Waals surface area contributed by atoms with Gasteiger partial charge in [-0.1, -0.05) is 29.3 Å². The number of hydrogen-bond acceptors (Lipinski definition) is 2. The summed E-state index contributed by atoms with van der Waals surface area (Å²) in [5, 5.41) is 3.59. The van der Waals surface area contributed by atoms with Crippen LogP contribution in [-0.4, -0.2) is 18.4 Å². The van der Waals surface area contributed by atoms with E-state index in [1.54, 1.807) is 24.0 Å². The number of carbonyl (C=O) groups excluding carboxylic acids is 2. The summed E-state index contributed by atoms with van der Waals surface area (Å²) >= 11 is 12.0. The summed E-state index contributed by atoms with van der Waals surface area (Å²) in [6.07, 6.45) is 1.86. The summed E-state index contributed by atoms with van der Waals surface area (Å²) in [5.74, 6) is -0.343. The van der Waals surface area contributed by atoms with Crippen molar-refractivity contribution < 1.29 is 9.59 Å². The SMILES string of the molecule is CC(=O)N1CCCc2ccc(NC(=O)c3cc(Cl)ccc3Cl)cc21. The molecule has 4 nitrogen and oxygen atoms in total. The minimum Gasteiger partial charge on any atom is -0.322 e. The molecule has 0 radical (unpaired) electrons. The Hall–Kier alpha value is -2.04. The Balaban J connectivity index is 1.88. The van der Waals surface area contributed by atoms with Crippen molar-refractivity contribution in [1.82, 2.24) is 0 Å². The monoisotopic (exact) mass is 362 g/mol. The van der Waals surface area contributed by atoms with Gasteiger partial charge < -0.3 is 10.2 Å². The van der Waals surface area contributed by atoms with Gasteiger partial charge in [0.15, 0.2) is 0 Å². The summed E-state index contributed by atoms with van der Waals surface area (Å²) in [7, 11) is 0. The molecule has 0 aromatic heterocycles. The van der Waals surface area contributed by atoms with Gasteiger partial charge in [0.05, 0.1) is 10.6 Å². The molecule has 3 rings (SSSR count). The molecule has 0 unspecified atom stereocenters. The minimum atomic E-state index is -0.340. The Morgan fingerprint density at radius 1 is 1.12 bits per heavy atom. The van der Waals surface area contributed by atoms with Crippen molar-refractivity contribution in [2.45, 2.75) is 19.8 Å². The van der Waals surface area contributed by atoms with Crippen molar-refractivity contribution in [3.05, 3.63) is 57.6 Å². The maximum atomic E-state index is 12.4. The van der Waals surface area contributed by atoms with Gasteiger partial charge >= 0.3 is 0 Å². The van der Waals surface area contributed by atoms with Crippen molar-refractivity contribution in [2.24, 2.45) is 0 Å². The average molecular weight is 363 g/mol. The van der Waals surface area contributed by atoms with Gasteiger partial charge in [0.1, 0.15) is 0 Å². The molecule has 2 amide bonds. The second kappa shape index (κ2) is 6.83. The summed E-state index contributed by atoms with van der Waals surface area (Å²) in [6.45, 7) is 2.24. The van der Waals surface area contributed by atoms with E-state index in [4.69, 9.17) is 23.2 Å². The molecule has 24 heavy (non-hydrogen) atoms. The Labute approximate surface area is 150 Å². The van der Waals surface area contributed by atoms with Crippen molar-refractivity contribution in [3.8, 4) is 0 Å². The smallest absolute Gasteiger partial charge is 0.257 e. The van der Waals surface area contributed by atoms with Crippen molar-refractivity contribution in [3.63, 3.8) is 0 Å². The fourth-order valence-corrected chi connectivity index (χ4v) is 3.22. The fraction of sp³-hybridized carbons (Fsp3) is 0.222. The quantitative estimate of drug-likeness (QED) is 0.851. The molecule has 1 aliphatic heterocycles. The van der Waals surface area contributed by atoms with Crippen LogP contribution in [0.4, 0.5) is 11.4 Å². The number of carbonyl (C=O) groups is 2. The van der Waals surface area contributed by atoms with Crippen LogP contribution in [0, 0.1) is 0 Å². The van der Waals surface area contributed by atoms with E-state index in [-0.39, 0.29) is 11.8 Å². The molecule has 0 aliphatic carbocycles. The third-order valence-corrected chi connectivity index (χ3v) is 4.58. The molecule has 2 aromatic rings. The topological polar surface area (TPSA) is 49.4 Å². The molecule has 1 heterocycles. The highest BCUT2D eigenvalue weighted by atomic mass is 35.5. The summed E-state index contributed by atoms with van der Waals surface area (Å²) in [4.78, 5) is 26.0. The first-order chi connectivity index (χ1) is 11.5. The Morgan fingerprint density at radius 2 is 1.92 bits per heavy atom. The number of benzene rings is 2. The third kappa shape index (κ3) is 3.40. The zero-order valence-electron chi connectivity index (χ0n) is 13.1. The lowest BCUT2D eigenvalue weighted by molar-refractivity contribution is -0.116. The molecule has 2 aromatic carbocycles. The molecular formula is C18H16Cl2N2O2. The zero-order chi connectivity index (χ0) is 17.3. The largest absolute Gasteiger partial charge is 0.322 e. The maximum absolute atomic E-state index is 12.4. The summed E-state index contributed by atoms with van der Waals surface area (Å²) in [6, 6.07) is 10.3. The van der Waals surface area contributed by atoms with E-state index in [1.165, 1.54) is 6.07 Å². The molecule has 0 saturated heterocycles. The molecule has 0 fully saturated rings. The number of aryl methyl sites for hydroxylation is 1. The van der Waals surface area contributed by atoms with Crippen LogP contribution in [-0.2, 0) is 11.2 Å². The first-order valence-electron chi connectivity index (χ1n) is 7.63. The predicted octanol–water partition coefficient (Wildman–Crippen LogP) is 4.54. The molecule has 6 heteroatoms. The van der Waals surface area contributed by atoms with Gasteiger partial charge in [-0.25, -0.2) is 0 Å². The first kappa shape index (κ1) is 16.8. The normalized spacial score (nSPS) is 13.4. The number of amides is 2. The van der Waals surface area contributed by atoms with E-state index in [0.717, 1.165) is 24.1 Å². The molecule has 0 atom stereocenters. The van der Waals surface area contributed by atoms with Gasteiger partial charge in [-0.2, -0.15) is 0 Å². The van der Waals surface area contributed by atoms with Crippen LogP contribution < -0.4 is 10.2 Å². The number of hydrogen-bond donors (Lipinski definition) is 1. The lowest BCUT2D eigenvalue weighted by Gasteiger charge is -2.29. The van der Waals surface area contributed by atoms with E-state index in [1.807, 2.05) is 18.2 Å². The second-order valence-electron chi connectivity index (χ2n) is 5.70. The first-order valence-corrected chi connectivity index (χ1v) is 8.39. The zero-order valence-corrected chi connectivity index (χ0v) is 14.6. The standard InChI is InChI=1S/C18H16Cl2N2O2/c1-11(23)22-8-2-3-12-4-6-14(10-17(12)22)21-18(24)15-9-13(19)5-7-16(15)20/h4-7,9-10H,2-3,8H2,1H3,(H,21,24). The number of fused-ring (bicyclic) bond motifs is 1. The highest BCUT2D eigenvalue weighted by Crippen LogP contribution is 2.30. The third-order valence-electron chi connectivity index (χ3n) is 4.01. The van der Waals surface area contributed by atoms with Gasteiger partial charge in [0.2, 0.25) is 5.91 Å². The fourth-order valence-electron chi connectivity index (χ4n) is 2.85. The lowest BCUT2D eigenvalue weighted by atomic mass is 10.0. The summed E-state index contributed by atoms with van der Waals surface area (Å²) in [5.41, 5.74) is 2.88. The van der Waals surface area contributed by atoms with Crippen LogP contribution in [0.1, 0.15) is 29.3 Å². The Kier molecular flexibility index (Phi) is 4.78. The lowest BCUT2D eigenvalue weighted by Crippen LogP contribution is -2.33. The van der Waals surface area contributed by atoms with Gasteiger partial charge in [-0.15, -0.1) is 0 Å². The highest BCUT2D eigenvalue weighted by Gasteiger charge is 2.21. The van der Waals surface area contributed by atoms with E-state index < -0.39 is 0 Å². The Bertz CT molecular complexity index is 821. The molecule has 1 aliphatic rings. The number of nitrogens with one attached hydrogen (secondary N) is 1. The summed E-state index contributed by atoms with van der Waals surface area (Å²) < 4.78 is 0. The van der Waals surface area contributed by atoms with Crippen molar-refractivity contribution in [2.75, 3.05) is 16.8 Å². The van der Waals surface area contributed by atoms with Crippen LogP contribution in [0.2, 0.25) is 10.0 Å². The number of anilines is 2. The Morgan fingerprint density at radius 3 is 2.67 bits per heavy atom. The molecular weight excluding hydrogens is 347 g/mol. The van der Waals surface area contributed by atoms with Crippen LogP contribution in [0.3, 0.4) is 0 Å². The van der Waals surface area contributed by atoms with Crippen LogP contribution in [0.15, 0.2) is 36.4 Å². The molecule has 1 N–H and O–H groups in total. The molecule has 124 valence electrons. The molecule has 0 bridgehead atoms. The van der Waals surface area contributed by atoms with E-state index in [9.17, 15) is 9.59 Å². The maximum Gasteiger partial charge on any atom is 0.257 e. The molecule has 0 spiro atoms. The second-order valence-corrected chi connectivity index (χ2v) is 6.54. The van der Waals surface area contributed by atoms with Crippen LogP contribution in [0.5, 0.6) is 0 Å². The van der Waals surface area contributed by atoms with Gasteiger partial charge in [0.25, 0.3) is 5.91 Å². The minimum absolute atomic E-state index is 0.00249. The van der Waals surface area contributed by atoms with Gasteiger partial charge in [-0.3, -0.25) is 9.59 Å². The number of nitrogens with zero attached hydrogens (tertiary/aromatic N) is 1. The highest BCUT2D eigenvalue weighted by molar-refractivity contribution is 6.36. The van der Waals surface area contributed by atoms with Crippen LogP contribution in [0.25, 0.3) is 0 Å². The molecule has 0 saturated carbocycles.